The Bertz CT molecular complexity index is 616. The van der Waals surface area contributed by atoms with Gasteiger partial charge in [0, 0.05) is 0 Å². The van der Waals surface area contributed by atoms with Crippen molar-refractivity contribution in [3.8, 4) is 0 Å². The maximum absolute atomic E-state index is 12.3. The monoisotopic (exact) mass is 549 g/mol. The summed E-state index contributed by atoms with van der Waals surface area (Å²) in [5, 5.41) is 32.8. The van der Waals surface area contributed by atoms with Gasteiger partial charge >= 0.3 is 0 Å². The first-order valence-electron chi connectivity index (χ1n) is 16.3. The van der Waals surface area contributed by atoms with Crippen LogP contribution < -0.4 is 5.32 Å². The van der Waals surface area contributed by atoms with E-state index in [4.69, 9.17) is 0 Å². The summed E-state index contributed by atoms with van der Waals surface area (Å²) < 4.78 is 0. The van der Waals surface area contributed by atoms with Crippen LogP contribution in [0.15, 0.2) is 36.5 Å². The highest BCUT2D eigenvalue weighted by Crippen LogP contribution is 2.12. The molecule has 39 heavy (non-hydrogen) atoms. The lowest BCUT2D eigenvalue weighted by Crippen LogP contribution is -2.45. The molecule has 5 nitrogen and oxygen atoms in total. The second kappa shape index (κ2) is 29.6. The van der Waals surface area contributed by atoms with Crippen molar-refractivity contribution in [1.82, 2.24) is 5.32 Å². The zero-order chi connectivity index (χ0) is 28.8. The standard InChI is InChI=1S/C34H63NO4/c1-3-5-7-9-11-13-14-15-16-17-18-19-20-22-24-26-28-33(38)32(30-36)35-34(39)29-31(37)27-25-23-21-12-10-8-6-4-2/h15-16,19-20,26,28,31-33,36-38H,3-14,17-18,21-25,27,29-30H2,1-2H3,(H,35,39)/b16-15+,20-19+,28-26+. The molecule has 0 bridgehead atoms. The highest BCUT2D eigenvalue weighted by molar-refractivity contribution is 5.76. The van der Waals surface area contributed by atoms with Crippen molar-refractivity contribution in [2.45, 2.75) is 167 Å². The molecule has 0 aromatic carbocycles. The fraction of sp³-hybridized carbons (Fsp3) is 0.794. The normalized spacial score (nSPS) is 14.5. The third-order valence-corrected chi connectivity index (χ3v) is 7.16. The summed E-state index contributed by atoms with van der Waals surface area (Å²) in [5.74, 6) is -0.336. The number of rotatable bonds is 28. The van der Waals surface area contributed by atoms with Gasteiger partial charge in [0.2, 0.25) is 5.91 Å². The largest absolute Gasteiger partial charge is 0.394 e. The Balaban J connectivity index is 3.88. The van der Waals surface area contributed by atoms with Crippen molar-refractivity contribution in [1.29, 1.82) is 0 Å². The van der Waals surface area contributed by atoms with Gasteiger partial charge in [-0.3, -0.25) is 4.79 Å². The number of carbonyl (C=O) groups excluding carboxylic acids is 1. The molecule has 0 aliphatic heterocycles. The maximum atomic E-state index is 12.3. The van der Waals surface area contributed by atoms with E-state index in [1.165, 1.54) is 83.5 Å². The van der Waals surface area contributed by atoms with Gasteiger partial charge in [0.1, 0.15) is 0 Å². The molecule has 0 spiro atoms. The molecule has 3 atom stereocenters. The summed E-state index contributed by atoms with van der Waals surface area (Å²) >= 11 is 0. The highest BCUT2D eigenvalue weighted by atomic mass is 16.3. The lowest BCUT2D eigenvalue weighted by atomic mass is 10.0. The molecule has 3 unspecified atom stereocenters. The number of hydrogen-bond acceptors (Lipinski definition) is 4. The molecule has 0 heterocycles. The number of unbranched alkanes of at least 4 members (excludes halogenated alkanes) is 15. The lowest BCUT2D eigenvalue weighted by Gasteiger charge is -2.21. The quantitative estimate of drug-likeness (QED) is 0.0586. The molecule has 228 valence electrons. The predicted octanol–water partition coefficient (Wildman–Crippen LogP) is 8.09. The van der Waals surface area contributed by atoms with E-state index < -0.39 is 18.2 Å². The molecule has 1 amide bonds. The van der Waals surface area contributed by atoms with Gasteiger partial charge in [-0.05, 0) is 44.9 Å². The van der Waals surface area contributed by atoms with Gasteiger partial charge in [-0.1, -0.05) is 134 Å². The first-order chi connectivity index (χ1) is 19.0. The smallest absolute Gasteiger partial charge is 0.222 e. The van der Waals surface area contributed by atoms with Crippen LogP contribution in [0.3, 0.4) is 0 Å². The van der Waals surface area contributed by atoms with Crippen molar-refractivity contribution >= 4 is 5.91 Å². The minimum absolute atomic E-state index is 0.00245. The molecule has 0 aromatic rings. The van der Waals surface area contributed by atoms with Crippen LogP contribution in [0.25, 0.3) is 0 Å². The number of allylic oxidation sites excluding steroid dienone is 5. The SMILES string of the molecule is CCCCCCCC/C=C/CC/C=C/CC/C=C/C(O)C(CO)NC(=O)CC(O)CCCCCCCCCC. The summed E-state index contributed by atoms with van der Waals surface area (Å²) in [6.07, 6.45) is 34.1. The molecule has 0 rings (SSSR count). The molecule has 4 N–H and O–H groups in total. The molecule has 0 aliphatic carbocycles. The summed E-state index contributed by atoms with van der Waals surface area (Å²) in [6, 6.07) is -0.761. The van der Waals surface area contributed by atoms with Crippen molar-refractivity contribution < 1.29 is 20.1 Å². The van der Waals surface area contributed by atoms with Crippen LogP contribution in [0.1, 0.15) is 149 Å². The number of carbonyl (C=O) groups is 1. The number of aliphatic hydroxyl groups is 3. The van der Waals surface area contributed by atoms with Crippen LogP contribution in [0, 0.1) is 0 Å². The Morgan fingerprint density at radius 3 is 1.64 bits per heavy atom. The van der Waals surface area contributed by atoms with E-state index in [1.807, 2.05) is 6.08 Å². The summed E-state index contributed by atoms with van der Waals surface area (Å²) in [6.45, 7) is 4.12. The molecule has 0 aliphatic rings. The van der Waals surface area contributed by atoms with Crippen molar-refractivity contribution in [3.05, 3.63) is 36.5 Å². The predicted molar refractivity (Wildman–Crippen MR) is 167 cm³/mol. The first-order valence-corrected chi connectivity index (χ1v) is 16.3. The third kappa shape index (κ3) is 26.6. The minimum atomic E-state index is -0.954. The van der Waals surface area contributed by atoms with E-state index in [2.05, 4.69) is 43.5 Å². The third-order valence-electron chi connectivity index (χ3n) is 7.16. The summed E-state index contributed by atoms with van der Waals surface area (Å²) in [5.41, 5.74) is 0. The van der Waals surface area contributed by atoms with E-state index in [0.717, 1.165) is 38.5 Å². The van der Waals surface area contributed by atoms with E-state index in [9.17, 15) is 20.1 Å². The molecule has 0 saturated heterocycles. The fourth-order valence-electron chi connectivity index (χ4n) is 4.60. The Kier molecular flexibility index (Phi) is 28.5. The second-order valence-electron chi connectivity index (χ2n) is 11.1. The summed E-state index contributed by atoms with van der Waals surface area (Å²) in [4.78, 5) is 12.3. The molecule has 0 radical (unpaired) electrons. The fourth-order valence-corrected chi connectivity index (χ4v) is 4.60. The average molecular weight is 550 g/mol. The minimum Gasteiger partial charge on any atom is -0.394 e. The number of aliphatic hydroxyl groups excluding tert-OH is 3. The van der Waals surface area contributed by atoms with Crippen molar-refractivity contribution in [2.24, 2.45) is 0 Å². The molecular formula is C34H63NO4. The van der Waals surface area contributed by atoms with Crippen LogP contribution >= 0.6 is 0 Å². The second-order valence-corrected chi connectivity index (χ2v) is 11.1. The van der Waals surface area contributed by atoms with Crippen LogP contribution in [-0.2, 0) is 4.79 Å². The van der Waals surface area contributed by atoms with Gasteiger partial charge in [0.05, 0.1) is 31.3 Å². The van der Waals surface area contributed by atoms with E-state index in [-0.39, 0.29) is 18.9 Å². The van der Waals surface area contributed by atoms with E-state index in [0.29, 0.717) is 6.42 Å². The zero-order valence-corrected chi connectivity index (χ0v) is 25.5. The van der Waals surface area contributed by atoms with Crippen LogP contribution in [0.5, 0.6) is 0 Å². The molecule has 5 heteroatoms. The highest BCUT2D eigenvalue weighted by Gasteiger charge is 2.20. The van der Waals surface area contributed by atoms with Gasteiger partial charge in [-0.25, -0.2) is 0 Å². The number of hydrogen-bond donors (Lipinski definition) is 4. The van der Waals surface area contributed by atoms with Gasteiger partial charge in [0.25, 0.3) is 0 Å². The van der Waals surface area contributed by atoms with E-state index >= 15 is 0 Å². The van der Waals surface area contributed by atoms with Gasteiger partial charge in [-0.2, -0.15) is 0 Å². The van der Waals surface area contributed by atoms with Gasteiger partial charge < -0.3 is 20.6 Å². The number of nitrogens with one attached hydrogen (secondary N) is 1. The van der Waals surface area contributed by atoms with Crippen molar-refractivity contribution in [2.75, 3.05) is 6.61 Å². The van der Waals surface area contributed by atoms with E-state index in [1.54, 1.807) is 6.08 Å². The lowest BCUT2D eigenvalue weighted by molar-refractivity contribution is -0.124. The Morgan fingerprint density at radius 1 is 0.641 bits per heavy atom. The molecule has 0 saturated carbocycles. The molecule has 0 fully saturated rings. The Labute approximate surface area is 241 Å². The maximum Gasteiger partial charge on any atom is 0.222 e. The van der Waals surface area contributed by atoms with Gasteiger partial charge in [-0.15, -0.1) is 0 Å². The van der Waals surface area contributed by atoms with Gasteiger partial charge in [0.15, 0.2) is 0 Å². The average Bonchev–Trinajstić information content (AvgIpc) is 2.92. The van der Waals surface area contributed by atoms with Crippen LogP contribution in [0.4, 0.5) is 0 Å². The van der Waals surface area contributed by atoms with Crippen molar-refractivity contribution in [3.63, 3.8) is 0 Å². The first kappa shape index (κ1) is 37.6. The van der Waals surface area contributed by atoms with Crippen LogP contribution in [-0.4, -0.2) is 46.1 Å². The molecular weight excluding hydrogens is 486 g/mol. The topological polar surface area (TPSA) is 89.8 Å². The zero-order valence-electron chi connectivity index (χ0n) is 25.5. The van der Waals surface area contributed by atoms with Crippen LogP contribution in [0.2, 0.25) is 0 Å². The molecule has 0 aromatic heterocycles. The number of amides is 1. The Hall–Kier alpha value is -1.43. The Morgan fingerprint density at radius 2 is 1.10 bits per heavy atom. The summed E-state index contributed by atoms with van der Waals surface area (Å²) in [7, 11) is 0.